The van der Waals surface area contributed by atoms with Gasteiger partial charge < -0.3 is 0 Å². The molecule has 0 spiro atoms. The van der Waals surface area contributed by atoms with Gasteiger partial charge in [-0.2, -0.15) is 0 Å². The van der Waals surface area contributed by atoms with Crippen molar-refractivity contribution in [3.05, 3.63) is 35.9 Å². The lowest BCUT2D eigenvalue weighted by Gasteiger charge is -2.29. The molecule has 0 amide bonds. The average Bonchev–Trinajstić information content (AvgIpc) is 2.66. The highest BCUT2D eigenvalue weighted by atomic mass is 32.3. The Bertz CT molecular complexity index is 339. The molecule has 0 radical (unpaired) electrons. The van der Waals surface area contributed by atoms with Crippen LogP contribution in [0.1, 0.15) is 23.2 Å². The van der Waals surface area contributed by atoms with Crippen LogP contribution in [-0.4, -0.2) is 29.3 Å². The van der Waals surface area contributed by atoms with E-state index in [-0.39, 0.29) is 0 Å². The van der Waals surface area contributed by atoms with Crippen molar-refractivity contribution in [2.45, 2.75) is 12.8 Å². The van der Waals surface area contributed by atoms with E-state index in [0.717, 1.165) is 11.3 Å². The van der Waals surface area contributed by atoms with E-state index in [0.29, 0.717) is 5.78 Å². The average molecular weight is 222 g/mol. The molecule has 0 N–H and O–H groups in total. The fraction of sp³-hybridized carbons (Fsp3) is 0.462. The topological polar surface area (TPSA) is 17.1 Å². The number of carbonyl (C=O) groups is 1. The maximum atomic E-state index is 12.0. The number of hydrogen-bond acceptors (Lipinski definition) is 1. The van der Waals surface area contributed by atoms with Gasteiger partial charge in [0.1, 0.15) is 0 Å². The van der Waals surface area contributed by atoms with Crippen LogP contribution in [0.3, 0.4) is 0 Å². The number of rotatable bonds is 3. The fourth-order valence-electron chi connectivity index (χ4n) is 2.17. The molecule has 1 aromatic carbocycles. The molecule has 0 saturated carbocycles. The van der Waals surface area contributed by atoms with E-state index >= 15 is 0 Å². The molecule has 1 aromatic rings. The minimum absolute atomic E-state index is 0.343. The van der Waals surface area contributed by atoms with Crippen LogP contribution >= 0.6 is 10.0 Å². The summed E-state index contributed by atoms with van der Waals surface area (Å²) >= 11 is 0. The summed E-state index contributed by atoms with van der Waals surface area (Å²) in [7, 11) is -0.601. The zero-order chi connectivity index (χ0) is 10.7. The van der Waals surface area contributed by atoms with Gasteiger partial charge in [-0.1, -0.05) is 30.3 Å². The van der Waals surface area contributed by atoms with E-state index in [1.807, 2.05) is 30.3 Å². The lowest BCUT2D eigenvalue weighted by molar-refractivity contribution is 0.102. The molecule has 1 nitrogen and oxygen atoms in total. The summed E-state index contributed by atoms with van der Waals surface area (Å²) in [5, 5.41) is 0. The van der Waals surface area contributed by atoms with Crippen molar-refractivity contribution in [3.8, 4) is 0 Å². The normalized spacial score (nSPS) is 21.1. The van der Waals surface area contributed by atoms with Crippen LogP contribution in [0.4, 0.5) is 0 Å². The van der Waals surface area contributed by atoms with Crippen LogP contribution in [0.2, 0.25) is 0 Å². The SMILES string of the molecule is CS1(CC(=O)c2ccccc2)CCCC1. The third-order valence-electron chi connectivity index (χ3n) is 3.10. The highest BCUT2D eigenvalue weighted by Gasteiger charge is 2.26. The summed E-state index contributed by atoms with van der Waals surface area (Å²) in [5.41, 5.74) is 0.887. The Labute approximate surface area is 93.2 Å². The number of benzene rings is 1. The lowest BCUT2D eigenvalue weighted by Crippen LogP contribution is -2.14. The van der Waals surface area contributed by atoms with Crippen LogP contribution in [0.5, 0.6) is 0 Å². The van der Waals surface area contributed by atoms with Gasteiger partial charge in [-0.25, -0.2) is 10.0 Å². The maximum Gasteiger partial charge on any atom is 0.171 e. The molecule has 0 atom stereocenters. The summed E-state index contributed by atoms with van der Waals surface area (Å²) in [6.07, 6.45) is 4.99. The van der Waals surface area contributed by atoms with Crippen molar-refractivity contribution < 1.29 is 4.79 Å². The van der Waals surface area contributed by atoms with Crippen LogP contribution < -0.4 is 0 Å². The molecule has 1 aliphatic heterocycles. The number of ketones is 1. The molecular weight excluding hydrogens is 204 g/mol. The second kappa shape index (κ2) is 4.40. The Kier molecular flexibility index (Phi) is 3.15. The third-order valence-corrected chi connectivity index (χ3v) is 6.61. The van der Waals surface area contributed by atoms with Crippen molar-refractivity contribution in [1.82, 2.24) is 0 Å². The predicted octanol–water partition coefficient (Wildman–Crippen LogP) is 3.10. The molecule has 2 heteroatoms. The van der Waals surface area contributed by atoms with E-state index in [1.54, 1.807) is 0 Å². The third kappa shape index (κ3) is 2.63. The first-order valence-corrected chi connectivity index (χ1v) is 8.04. The number of carbonyl (C=O) groups excluding carboxylic acids is 1. The van der Waals surface area contributed by atoms with Gasteiger partial charge in [-0.05, 0) is 30.6 Å². The zero-order valence-electron chi connectivity index (χ0n) is 9.24. The first kappa shape index (κ1) is 10.7. The smallest absolute Gasteiger partial charge is 0.171 e. The Morgan fingerprint density at radius 2 is 1.80 bits per heavy atom. The van der Waals surface area contributed by atoms with Crippen LogP contribution in [-0.2, 0) is 0 Å². The van der Waals surface area contributed by atoms with Crippen molar-refractivity contribution in [2.75, 3.05) is 23.5 Å². The molecule has 0 unspecified atom stereocenters. The molecule has 1 fully saturated rings. The van der Waals surface area contributed by atoms with Crippen LogP contribution in [0.25, 0.3) is 0 Å². The Morgan fingerprint density at radius 1 is 1.20 bits per heavy atom. The van der Waals surface area contributed by atoms with Gasteiger partial charge in [-0.15, -0.1) is 0 Å². The standard InChI is InChI=1S/C13H18OS/c1-15(9-5-6-10-15)11-13(14)12-7-3-2-4-8-12/h2-4,7-8H,5-6,9-11H2,1H3. The first-order chi connectivity index (χ1) is 7.20. The molecule has 2 rings (SSSR count). The van der Waals surface area contributed by atoms with E-state index in [2.05, 4.69) is 6.26 Å². The van der Waals surface area contributed by atoms with Gasteiger partial charge in [0.2, 0.25) is 0 Å². The summed E-state index contributed by atoms with van der Waals surface area (Å²) in [6.45, 7) is 0. The van der Waals surface area contributed by atoms with Gasteiger partial charge in [0.25, 0.3) is 0 Å². The molecule has 0 aromatic heterocycles. The summed E-state index contributed by atoms with van der Waals surface area (Å²) in [6, 6.07) is 9.71. The van der Waals surface area contributed by atoms with E-state index < -0.39 is 10.0 Å². The van der Waals surface area contributed by atoms with Gasteiger partial charge >= 0.3 is 0 Å². The van der Waals surface area contributed by atoms with E-state index in [9.17, 15) is 4.79 Å². The second-order valence-corrected chi connectivity index (χ2v) is 8.59. The van der Waals surface area contributed by atoms with Crippen LogP contribution in [0.15, 0.2) is 30.3 Å². The highest BCUT2D eigenvalue weighted by Crippen LogP contribution is 2.50. The van der Waals surface area contributed by atoms with Gasteiger partial charge in [-0.3, -0.25) is 4.79 Å². The van der Waals surface area contributed by atoms with E-state index in [4.69, 9.17) is 0 Å². The molecular formula is C13H18OS. The molecule has 1 aliphatic rings. The summed E-state index contributed by atoms with van der Waals surface area (Å²) in [5.74, 6) is 3.74. The largest absolute Gasteiger partial charge is 0.293 e. The van der Waals surface area contributed by atoms with Crippen molar-refractivity contribution >= 4 is 15.8 Å². The summed E-state index contributed by atoms with van der Waals surface area (Å²) in [4.78, 5) is 12.0. The molecule has 1 heterocycles. The minimum Gasteiger partial charge on any atom is -0.293 e. The monoisotopic (exact) mass is 222 g/mol. The van der Waals surface area contributed by atoms with Gasteiger partial charge in [0.05, 0.1) is 0 Å². The van der Waals surface area contributed by atoms with Crippen molar-refractivity contribution in [1.29, 1.82) is 0 Å². The van der Waals surface area contributed by atoms with Gasteiger partial charge in [0, 0.05) is 11.3 Å². The summed E-state index contributed by atoms with van der Waals surface area (Å²) < 4.78 is 0. The fourth-order valence-corrected chi connectivity index (χ4v) is 5.27. The number of Topliss-reactive ketones (excluding diaryl/α,β-unsaturated/α-hetero) is 1. The molecule has 82 valence electrons. The van der Waals surface area contributed by atoms with Crippen LogP contribution in [0, 0.1) is 0 Å². The molecule has 15 heavy (non-hydrogen) atoms. The highest BCUT2D eigenvalue weighted by molar-refractivity contribution is 8.33. The van der Waals surface area contributed by atoms with E-state index in [1.165, 1.54) is 24.3 Å². The first-order valence-electron chi connectivity index (χ1n) is 5.49. The number of hydrogen-bond donors (Lipinski definition) is 0. The second-order valence-electron chi connectivity index (χ2n) is 4.53. The molecule has 0 aliphatic carbocycles. The quantitative estimate of drug-likeness (QED) is 0.718. The maximum absolute atomic E-state index is 12.0. The minimum atomic E-state index is -0.601. The zero-order valence-corrected chi connectivity index (χ0v) is 10.1. The Morgan fingerprint density at radius 3 is 2.40 bits per heavy atom. The predicted molar refractivity (Wildman–Crippen MR) is 68.1 cm³/mol. The lowest BCUT2D eigenvalue weighted by atomic mass is 10.2. The molecule has 0 bridgehead atoms. The Balaban J connectivity index is 2.04. The molecule has 1 saturated heterocycles. The Hall–Kier alpha value is -0.760. The van der Waals surface area contributed by atoms with Crippen molar-refractivity contribution in [3.63, 3.8) is 0 Å². The van der Waals surface area contributed by atoms with Gasteiger partial charge in [0.15, 0.2) is 5.78 Å². The van der Waals surface area contributed by atoms with Crippen molar-refractivity contribution in [2.24, 2.45) is 0 Å².